The van der Waals surface area contributed by atoms with Gasteiger partial charge in [-0.3, -0.25) is 0 Å². The zero-order valence-electron chi connectivity index (χ0n) is 9.90. The van der Waals surface area contributed by atoms with Crippen LogP contribution in [0.5, 0.6) is 0 Å². The van der Waals surface area contributed by atoms with Crippen molar-refractivity contribution < 1.29 is 0 Å². The molecule has 0 bridgehead atoms. The van der Waals surface area contributed by atoms with Crippen molar-refractivity contribution in [3.8, 4) is 0 Å². The fourth-order valence-electron chi connectivity index (χ4n) is 1.53. The van der Waals surface area contributed by atoms with Gasteiger partial charge in [-0.25, -0.2) is 4.42 Å². The Balaban J connectivity index is 3.07. The van der Waals surface area contributed by atoms with Gasteiger partial charge in [-0.1, -0.05) is 52.4 Å². The summed E-state index contributed by atoms with van der Waals surface area (Å²) in [4.78, 5) is 0. The van der Waals surface area contributed by atoms with E-state index in [1.807, 2.05) is 4.42 Å². The van der Waals surface area contributed by atoms with E-state index >= 15 is 0 Å². The summed E-state index contributed by atoms with van der Waals surface area (Å²) in [6.07, 6.45) is 10.5. The van der Waals surface area contributed by atoms with E-state index in [4.69, 9.17) is 11.8 Å². The molecule has 0 fully saturated rings. The Morgan fingerprint density at radius 1 is 0.714 bits per heavy atom. The summed E-state index contributed by atoms with van der Waals surface area (Å²) in [6.45, 7) is 6.60. The second-order valence-corrected chi connectivity index (χ2v) is 4.51. The second kappa shape index (κ2) is 11.3. The zero-order chi connectivity index (χ0) is 10.6. The average molecular weight is 220 g/mol. The van der Waals surface area contributed by atoms with Crippen molar-refractivity contribution in [1.29, 1.82) is 0 Å². The monoisotopic (exact) mass is 219 g/mol. The van der Waals surface area contributed by atoms with Crippen LogP contribution in [-0.2, 0) is 0 Å². The van der Waals surface area contributed by atoms with Gasteiger partial charge in [0.05, 0.1) is 0 Å². The van der Waals surface area contributed by atoms with Crippen LogP contribution in [0.15, 0.2) is 0 Å². The third-order valence-corrected chi connectivity index (χ3v) is 2.85. The van der Waals surface area contributed by atoms with Crippen molar-refractivity contribution in [3.05, 3.63) is 0 Å². The fraction of sp³-hybridized carbons (Fsp3) is 1.00. The Kier molecular flexibility index (Phi) is 11.5. The first-order valence-corrected chi connectivity index (χ1v) is 6.55. The van der Waals surface area contributed by atoms with Crippen molar-refractivity contribution in [2.75, 3.05) is 13.1 Å². The van der Waals surface area contributed by atoms with Crippen molar-refractivity contribution >= 4 is 11.8 Å². The van der Waals surface area contributed by atoms with Gasteiger partial charge in [0.1, 0.15) is 0 Å². The van der Waals surface area contributed by atoms with Crippen LogP contribution < -0.4 is 0 Å². The van der Waals surface area contributed by atoms with E-state index in [0.717, 1.165) is 13.1 Å². The van der Waals surface area contributed by atoms with Crippen LogP contribution in [0, 0.1) is 0 Å². The Bertz CT molecular complexity index is 94.5. The lowest BCUT2D eigenvalue weighted by atomic mass is 10.2. The maximum Gasteiger partial charge on any atom is 0.0139 e. The van der Waals surface area contributed by atoms with Gasteiger partial charge in [0, 0.05) is 13.1 Å². The van der Waals surface area contributed by atoms with Gasteiger partial charge < -0.3 is 0 Å². The molecule has 1 nitrogen and oxygen atoms in total. The molecule has 0 heterocycles. The van der Waals surface area contributed by atoms with E-state index in [-0.39, 0.29) is 0 Å². The first-order valence-electron chi connectivity index (χ1n) is 6.22. The third-order valence-electron chi connectivity index (χ3n) is 2.51. The molecule has 0 atom stereocenters. The van der Waals surface area contributed by atoms with Gasteiger partial charge in [-0.05, 0) is 24.6 Å². The van der Waals surface area contributed by atoms with Gasteiger partial charge in [0.2, 0.25) is 0 Å². The molecule has 0 unspecified atom stereocenters. The highest BCUT2D eigenvalue weighted by Crippen LogP contribution is 2.06. The molecule has 0 rings (SSSR count). The Morgan fingerprint density at radius 2 is 1.14 bits per heavy atom. The van der Waals surface area contributed by atoms with Crippen LogP contribution in [0.3, 0.4) is 0 Å². The molecule has 0 amide bonds. The summed E-state index contributed by atoms with van der Waals surface area (Å²) in [6, 6.07) is 0. The average Bonchev–Trinajstić information content (AvgIpc) is 2.19. The van der Waals surface area contributed by atoms with Gasteiger partial charge in [0.25, 0.3) is 0 Å². The summed E-state index contributed by atoms with van der Waals surface area (Å²) >= 11 is 6.07. The van der Waals surface area contributed by atoms with E-state index in [2.05, 4.69) is 13.8 Å². The molecule has 2 heteroatoms. The molecule has 0 aromatic carbocycles. The molecular weight excluding hydrogens is 194 g/mol. The molecule has 0 aliphatic heterocycles. The lowest BCUT2D eigenvalue weighted by molar-refractivity contribution is 0.416. The number of hydrogen-bond donors (Lipinski definition) is 0. The molecule has 0 spiro atoms. The van der Waals surface area contributed by atoms with E-state index in [1.165, 1.54) is 51.4 Å². The summed E-state index contributed by atoms with van der Waals surface area (Å²) in [5.41, 5.74) is 0. The fourth-order valence-corrected chi connectivity index (χ4v) is 1.77. The molecule has 0 saturated heterocycles. The standard InChI is InChI=1S/C12H26ClN/c1-3-5-7-9-11-14(13)12-10-8-6-4-2/h3-12H2,1-2H3. The predicted octanol–water partition coefficient (Wildman–Crippen LogP) is 4.60. The van der Waals surface area contributed by atoms with Crippen molar-refractivity contribution in [3.63, 3.8) is 0 Å². The molecule has 0 aliphatic carbocycles. The van der Waals surface area contributed by atoms with Crippen LogP contribution in [-0.4, -0.2) is 17.5 Å². The number of halogens is 1. The van der Waals surface area contributed by atoms with Gasteiger partial charge in [-0.15, -0.1) is 0 Å². The lowest BCUT2D eigenvalue weighted by Crippen LogP contribution is -2.14. The molecule has 14 heavy (non-hydrogen) atoms. The molecule has 86 valence electrons. The van der Waals surface area contributed by atoms with Crippen LogP contribution >= 0.6 is 11.8 Å². The molecule has 0 N–H and O–H groups in total. The Morgan fingerprint density at radius 3 is 1.50 bits per heavy atom. The molecule has 0 aliphatic rings. The van der Waals surface area contributed by atoms with Crippen molar-refractivity contribution in [1.82, 2.24) is 4.42 Å². The summed E-state index contributed by atoms with van der Waals surface area (Å²) in [5.74, 6) is 0. The minimum absolute atomic E-state index is 1.06. The van der Waals surface area contributed by atoms with Gasteiger partial charge in [0.15, 0.2) is 0 Å². The topological polar surface area (TPSA) is 3.24 Å². The largest absolute Gasteiger partial charge is 0.220 e. The number of hydrogen-bond acceptors (Lipinski definition) is 1. The number of nitrogens with zero attached hydrogens (tertiary/aromatic N) is 1. The number of unbranched alkanes of at least 4 members (excludes halogenated alkanes) is 6. The van der Waals surface area contributed by atoms with Crippen molar-refractivity contribution in [2.24, 2.45) is 0 Å². The quantitative estimate of drug-likeness (QED) is 0.383. The van der Waals surface area contributed by atoms with Crippen molar-refractivity contribution in [2.45, 2.75) is 65.2 Å². The SMILES string of the molecule is CCCCCCN(Cl)CCCCCC. The maximum atomic E-state index is 6.07. The van der Waals surface area contributed by atoms with Crippen LogP contribution in [0.4, 0.5) is 0 Å². The zero-order valence-corrected chi connectivity index (χ0v) is 10.7. The Labute approximate surface area is 94.9 Å². The molecule has 0 radical (unpaired) electrons. The summed E-state index contributed by atoms with van der Waals surface area (Å²) in [7, 11) is 0. The van der Waals surface area contributed by atoms with E-state index in [1.54, 1.807) is 0 Å². The van der Waals surface area contributed by atoms with Crippen LogP contribution in [0.1, 0.15) is 65.2 Å². The molecular formula is C12H26ClN. The third kappa shape index (κ3) is 10.3. The highest BCUT2D eigenvalue weighted by Gasteiger charge is 1.99. The molecule has 0 saturated carbocycles. The Hall–Kier alpha value is 0.250. The highest BCUT2D eigenvalue weighted by molar-refractivity contribution is 6.13. The van der Waals surface area contributed by atoms with Crippen LogP contribution in [0.2, 0.25) is 0 Å². The van der Waals surface area contributed by atoms with Crippen LogP contribution in [0.25, 0.3) is 0 Å². The first kappa shape index (κ1) is 14.2. The summed E-state index contributed by atoms with van der Waals surface area (Å²) < 4.78 is 1.96. The summed E-state index contributed by atoms with van der Waals surface area (Å²) in [5, 5.41) is 0. The molecule has 0 aromatic heterocycles. The predicted molar refractivity (Wildman–Crippen MR) is 65.7 cm³/mol. The maximum absolute atomic E-state index is 6.07. The number of rotatable bonds is 10. The van der Waals surface area contributed by atoms with E-state index < -0.39 is 0 Å². The normalized spacial score (nSPS) is 11.1. The lowest BCUT2D eigenvalue weighted by Gasteiger charge is -2.12. The minimum Gasteiger partial charge on any atom is -0.220 e. The molecule has 0 aromatic rings. The minimum atomic E-state index is 1.06. The van der Waals surface area contributed by atoms with Gasteiger partial charge in [-0.2, -0.15) is 0 Å². The van der Waals surface area contributed by atoms with Gasteiger partial charge >= 0.3 is 0 Å². The first-order chi connectivity index (χ1) is 6.81. The van der Waals surface area contributed by atoms with E-state index in [0.29, 0.717) is 0 Å². The highest BCUT2D eigenvalue weighted by atomic mass is 35.5. The second-order valence-electron chi connectivity index (χ2n) is 4.03. The smallest absolute Gasteiger partial charge is 0.0139 e. The van der Waals surface area contributed by atoms with E-state index in [9.17, 15) is 0 Å².